The van der Waals surface area contributed by atoms with Crippen molar-refractivity contribution in [1.82, 2.24) is 15.3 Å². The molecule has 2 atom stereocenters. The van der Waals surface area contributed by atoms with Crippen LogP contribution in [-0.2, 0) is 0 Å². The number of nitrogens with two attached hydrogens (primary N) is 2. The smallest absolute Gasteiger partial charge is 0.263 e. The molecule has 1 aromatic heterocycles. The van der Waals surface area contributed by atoms with Crippen LogP contribution in [0.15, 0.2) is 11.9 Å². The molecule has 2 unspecified atom stereocenters. The Morgan fingerprint density at radius 3 is 2.88 bits per heavy atom. The number of likely N-dealkylation sites (N-methyl/N-ethyl adjacent to an activating group) is 1. The second kappa shape index (κ2) is 7.56. The standard InChI is InChI=1S/C16H24N8O2/c1-24(11-5-3-2-4-10(11)19)16-22-13(21-9(6-17)7-18)12-14(25)20-8-26-15(12)23-16/h6-7,10-11,17H,2-5,8,18-19H2,1H3,(H,20,25)(H,21,22,23)/b9-7+,17-6?. The van der Waals surface area contributed by atoms with Gasteiger partial charge < -0.3 is 37.1 Å². The van der Waals surface area contributed by atoms with Crippen molar-refractivity contribution >= 4 is 23.9 Å². The first kappa shape index (κ1) is 17.9. The molecular formula is C16H24N8O2. The number of hydrogen-bond acceptors (Lipinski definition) is 9. The maximum absolute atomic E-state index is 12.2. The van der Waals surface area contributed by atoms with Crippen LogP contribution in [0.3, 0.4) is 0 Å². The number of carbonyl (C=O) groups is 1. The van der Waals surface area contributed by atoms with Crippen molar-refractivity contribution in [3.05, 3.63) is 17.5 Å². The lowest BCUT2D eigenvalue weighted by Crippen LogP contribution is -2.48. The molecule has 3 rings (SSSR count). The molecule has 1 aliphatic heterocycles. The molecule has 1 amide bonds. The number of anilines is 2. The monoisotopic (exact) mass is 360 g/mol. The minimum atomic E-state index is -0.348. The maximum atomic E-state index is 12.2. The predicted octanol–water partition coefficient (Wildman–Crippen LogP) is 0.124. The molecule has 26 heavy (non-hydrogen) atoms. The summed E-state index contributed by atoms with van der Waals surface area (Å²) in [7, 11) is 1.89. The van der Waals surface area contributed by atoms with E-state index >= 15 is 0 Å². The number of rotatable bonds is 5. The number of ether oxygens (including phenoxy) is 1. The zero-order valence-corrected chi connectivity index (χ0v) is 14.7. The van der Waals surface area contributed by atoms with Crippen LogP contribution in [0.1, 0.15) is 36.0 Å². The van der Waals surface area contributed by atoms with E-state index in [0.29, 0.717) is 11.6 Å². The van der Waals surface area contributed by atoms with Gasteiger partial charge >= 0.3 is 0 Å². The van der Waals surface area contributed by atoms with Crippen molar-refractivity contribution in [2.75, 3.05) is 24.0 Å². The van der Waals surface area contributed by atoms with Gasteiger partial charge in [0.2, 0.25) is 11.8 Å². The molecule has 10 nitrogen and oxygen atoms in total. The lowest BCUT2D eigenvalue weighted by atomic mass is 9.90. The van der Waals surface area contributed by atoms with Crippen molar-refractivity contribution in [2.24, 2.45) is 11.5 Å². The summed E-state index contributed by atoms with van der Waals surface area (Å²) in [4.78, 5) is 23.1. The molecule has 0 aromatic carbocycles. The Morgan fingerprint density at radius 2 is 2.19 bits per heavy atom. The lowest BCUT2D eigenvalue weighted by molar-refractivity contribution is 0.0878. The van der Waals surface area contributed by atoms with E-state index in [-0.39, 0.29) is 42.0 Å². The van der Waals surface area contributed by atoms with Gasteiger partial charge in [0, 0.05) is 31.5 Å². The van der Waals surface area contributed by atoms with Crippen LogP contribution < -0.4 is 31.7 Å². The van der Waals surface area contributed by atoms with E-state index in [2.05, 4.69) is 20.6 Å². The minimum absolute atomic E-state index is 0.0371. The Morgan fingerprint density at radius 1 is 1.42 bits per heavy atom. The number of nitrogens with zero attached hydrogens (tertiary/aromatic N) is 3. The van der Waals surface area contributed by atoms with E-state index in [0.717, 1.165) is 31.9 Å². The number of nitrogens with one attached hydrogen (secondary N) is 3. The Kier molecular flexibility index (Phi) is 5.21. The first-order chi connectivity index (χ1) is 12.5. The molecule has 2 aliphatic rings. The first-order valence-corrected chi connectivity index (χ1v) is 8.56. The average molecular weight is 360 g/mol. The Bertz CT molecular complexity index is 735. The number of amides is 1. The molecule has 1 aromatic rings. The summed E-state index contributed by atoms with van der Waals surface area (Å²) in [6.07, 6.45) is 6.40. The summed E-state index contributed by atoms with van der Waals surface area (Å²) in [5.74, 6) is 0.487. The fourth-order valence-electron chi connectivity index (χ4n) is 3.28. The third-order valence-corrected chi connectivity index (χ3v) is 4.73. The Hall–Kier alpha value is -2.88. The molecule has 7 N–H and O–H groups in total. The molecule has 1 aliphatic carbocycles. The van der Waals surface area contributed by atoms with Gasteiger partial charge in [0.25, 0.3) is 5.91 Å². The van der Waals surface area contributed by atoms with Gasteiger partial charge in [0.15, 0.2) is 12.5 Å². The van der Waals surface area contributed by atoms with Crippen molar-refractivity contribution in [3.63, 3.8) is 0 Å². The molecule has 1 saturated carbocycles. The molecule has 0 bridgehead atoms. The van der Waals surface area contributed by atoms with Crippen LogP contribution in [0.4, 0.5) is 11.8 Å². The highest BCUT2D eigenvalue weighted by molar-refractivity contribution is 6.02. The topological polar surface area (TPSA) is 155 Å². The molecule has 10 heteroatoms. The summed E-state index contributed by atoms with van der Waals surface area (Å²) >= 11 is 0. The normalized spacial score (nSPS) is 22.7. The molecule has 0 radical (unpaired) electrons. The van der Waals surface area contributed by atoms with Gasteiger partial charge in [0.1, 0.15) is 5.56 Å². The number of hydrogen-bond donors (Lipinski definition) is 5. The quantitative estimate of drug-likeness (QED) is 0.464. The summed E-state index contributed by atoms with van der Waals surface area (Å²) in [6, 6.07) is 0.148. The lowest BCUT2D eigenvalue weighted by Gasteiger charge is -2.36. The number of allylic oxidation sites excluding steroid dienone is 1. The van der Waals surface area contributed by atoms with Crippen LogP contribution >= 0.6 is 0 Å². The Balaban J connectivity index is 2.01. The largest absolute Gasteiger partial charge is 0.456 e. The van der Waals surface area contributed by atoms with E-state index in [1.54, 1.807) is 0 Å². The van der Waals surface area contributed by atoms with Gasteiger partial charge in [-0.3, -0.25) is 4.79 Å². The maximum Gasteiger partial charge on any atom is 0.263 e. The predicted molar refractivity (Wildman–Crippen MR) is 98.3 cm³/mol. The van der Waals surface area contributed by atoms with Crippen LogP contribution in [0.5, 0.6) is 5.88 Å². The molecule has 140 valence electrons. The molecule has 2 heterocycles. The fraction of sp³-hybridized carbons (Fsp3) is 0.500. The molecule has 0 saturated heterocycles. The fourth-order valence-corrected chi connectivity index (χ4v) is 3.28. The zero-order chi connectivity index (χ0) is 18.7. The summed E-state index contributed by atoms with van der Waals surface area (Å²) in [5, 5.41) is 12.9. The minimum Gasteiger partial charge on any atom is -0.456 e. The highest BCUT2D eigenvalue weighted by Crippen LogP contribution is 2.31. The van der Waals surface area contributed by atoms with Crippen molar-refractivity contribution in [1.29, 1.82) is 5.41 Å². The van der Waals surface area contributed by atoms with Crippen molar-refractivity contribution in [3.8, 4) is 5.88 Å². The van der Waals surface area contributed by atoms with Gasteiger partial charge in [-0.2, -0.15) is 9.97 Å². The van der Waals surface area contributed by atoms with Crippen molar-refractivity contribution in [2.45, 2.75) is 37.8 Å². The third-order valence-electron chi connectivity index (χ3n) is 4.73. The van der Waals surface area contributed by atoms with Gasteiger partial charge in [-0.05, 0) is 12.8 Å². The summed E-state index contributed by atoms with van der Waals surface area (Å²) in [6.45, 7) is 0.0402. The van der Waals surface area contributed by atoms with Gasteiger partial charge in [-0.25, -0.2) is 0 Å². The van der Waals surface area contributed by atoms with Gasteiger partial charge in [-0.15, -0.1) is 0 Å². The van der Waals surface area contributed by atoms with Gasteiger partial charge in [0.05, 0.1) is 5.70 Å². The number of carbonyl (C=O) groups excluding carboxylic acids is 1. The van der Waals surface area contributed by atoms with Crippen LogP contribution in [0, 0.1) is 5.41 Å². The van der Waals surface area contributed by atoms with E-state index < -0.39 is 0 Å². The second-order valence-electron chi connectivity index (χ2n) is 6.36. The second-order valence-corrected chi connectivity index (χ2v) is 6.36. The Labute approximate surface area is 151 Å². The van der Waals surface area contributed by atoms with E-state index in [1.807, 2.05) is 11.9 Å². The summed E-state index contributed by atoms with van der Waals surface area (Å²) in [5.41, 5.74) is 12.3. The van der Waals surface area contributed by atoms with E-state index in [4.69, 9.17) is 21.6 Å². The van der Waals surface area contributed by atoms with Gasteiger partial charge in [-0.1, -0.05) is 12.8 Å². The number of aromatic nitrogens is 2. The molecular weight excluding hydrogens is 336 g/mol. The number of fused-ring (bicyclic) bond motifs is 1. The molecule has 0 spiro atoms. The highest BCUT2D eigenvalue weighted by atomic mass is 16.5. The third kappa shape index (κ3) is 3.40. The SMILES string of the molecule is CN(c1nc(N/C(C=N)=C/N)c2c(n1)OCNC2=O)C1CCCCC1N. The van der Waals surface area contributed by atoms with Crippen LogP contribution in [0.25, 0.3) is 0 Å². The zero-order valence-electron chi connectivity index (χ0n) is 14.7. The first-order valence-electron chi connectivity index (χ1n) is 8.56. The van der Waals surface area contributed by atoms with Crippen LogP contribution in [-0.4, -0.2) is 48.0 Å². The van der Waals surface area contributed by atoms with E-state index in [1.165, 1.54) is 6.20 Å². The summed E-state index contributed by atoms with van der Waals surface area (Å²) < 4.78 is 5.50. The highest BCUT2D eigenvalue weighted by Gasteiger charge is 2.31. The van der Waals surface area contributed by atoms with E-state index in [9.17, 15) is 4.79 Å². The van der Waals surface area contributed by atoms with Crippen LogP contribution in [0.2, 0.25) is 0 Å². The average Bonchev–Trinajstić information content (AvgIpc) is 2.65. The van der Waals surface area contributed by atoms with Crippen molar-refractivity contribution < 1.29 is 9.53 Å². The molecule has 1 fully saturated rings.